The van der Waals surface area contributed by atoms with E-state index in [-0.39, 0.29) is 22.9 Å². The molecule has 4 rings (SSSR count). The number of hydrogen-bond acceptors (Lipinski definition) is 9. The first kappa shape index (κ1) is 24.6. The van der Waals surface area contributed by atoms with Crippen LogP contribution in [-0.4, -0.2) is 26.4 Å². The van der Waals surface area contributed by atoms with E-state index in [0.717, 1.165) is 16.9 Å². The summed E-state index contributed by atoms with van der Waals surface area (Å²) >= 11 is 1.15. The molecular formula is C25H23N5O5S. The molecule has 36 heavy (non-hydrogen) atoms. The number of aromatic nitrogens is 1. The SMILES string of the molecule is CC(=O)Nc1cc(N=Nc2snc3ccc(Oc4cc(C)c(O)c(C)c4)cc23)cc(NC(C)=O)c1O. The van der Waals surface area contributed by atoms with Crippen LogP contribution in [0.1, 0.15) is 25.0 Å². The number of carbonyl (C=O) groups excluding carboxylic acids is 2. The molecule has 0 aliphatic heterocycles. The van der Waals surface area contributed by atoms with Gasteiger partial charge in [-0.25, -0.2) is 0 Å². The topological polar surface area (TPSA) is 146 Å². The third-order valence-corrected chi connectivity index (χ3v) is 5.86. The Hall–Kier alpha value is -4.51. The standard InChI is InChI=1S/C25H23N5O5S/c1-12-7-18(8-13(2)23(12)33)35-17-5-6-20-19(11-17)25(36-30-20)29-28-16-9-21(26-14(3)31)24(34)22(10-16)27-15(4)32/h5-11,33-34H,1-4H3,(H,26,31)(H,27,32). The van der Waals surface area contributed by atoms with Gasteiger partial charge in [0.1, 0.15) is 17.2 Å². The highest BCUT2D eigenvalue weighted by atomic mass is 32.1. The molecule has 10 nitrogen and oxygen atoms in total. The first-order valence-electron chi connectivity index (χ1n) is 10.8. The zero-order valence-electron chi connectivity index (χ0n) is 19.9. The van der Waals surface area contributed by atoms with E-state index < -0.39 is 11.8 Å². The number of rotatable bonds is 6. The zero-order chi connectivity index (χ0) is 26.0. The Morgan fingerprint density at radius 3 is 2.06 bits per heavy atom. The van der Waals surface area contributed by atoms with Crippen LogP contribution >= 0.6 is 11.5 Å². The van der Waals surface area contributed by atoms with E-state index >= 15 is 0 Å². The van der Waals surface area contributed by atoms with Crippen LogP contribution in [-0.2, 0) is 9.59 Å². The maximum Gasteiger partial charge on any atom is 0.221 e. The molecule has 2 amide bonds. The van der Waals surface area contributed by atoms with Gasteiger partial charge in [-0.2, -0.15) is 4.37 Å². The van der Waals surface area contributed by atoms with Gasteiger partial charge in [0.25, 0.3) is 0 Å². The number of ether oxygens (including phenoxy) is 1. The Morgan fingerprint density at radius 2 is 1.47 bits per heavy atom. The number of phenolic OH excluding ortho intramolecular Hbond substituents is 2. The molecule has 1 heterocycles. The third-order valence-electron chi connectivity index (χ3n) is 5.10. The Kier molecular flexibility index (Phi) is 6.84. The maximum atomic E-state index is 11.5. The van der Waals surface area contributed by atoms with Crippen molar-refractivity contribution in [3.8, 4) is 23.0 Å². The molecule has 0 aliphatic rings. The second kappa shape index (κ2) is 10.0. The molecule has 0 spiro atoms. The lowest BCUT2D eigenvalue weighted by Crippen LogP contribution is -2.09. The van der Waals surface area contributed by atoms with Gasteiger partial charge in [-0.3, -0.25) is 9.59 Å². The van der Waals surface area contributed by atoms with Crippen LogP contribution < -0.4 is 15.4 Å². The number of anilines is 2. The normalized spacial score (nSPS) is 11.1. The number of nitrogens with one attached hydrogen (secondary N) is 2. The van der Waals surface area contributed by atoms with Crippen LogP contribution in [0.5, 0.6) is 23.0 Å². The van der Waals surface area contributed by atoms with Gasteiger partial charge >= 0.3 is 0 Å². The van der Waals surface area contributed by atoms with Crippen molar-refractivity contribution < 1.29 is 24.5 Å². The number of phenols is 2. The summed E-state index contributed by atoms with van der Waals surface area (Å²) < 4.78 is 10.4. The molecular weight excluding hydrogens is 482 g/mol. The Morgan fingerprint density at radius 1 is 0.861 bits per heavy atom. The summed E-state index contributed by atoms with van der Waals surface area (Å²) in [5, 5.41) is 35.2. The number of carbonyl (C=O) groups is 2. The van der Waals surface area contributed by atoms with E-state index in [9.17, 15) is 19.8 Å². The number of hydrogen-bond donors (Lipinski definition) is 4. The van der Waals surface area contributed by atoms with Crippen LogP contribution in [0.4, 0.5) is 22.1 Å². The molecule has 0 radical (unpaired) electrons. The zero-order valence-corrected chi connectivity index (χ0v) is 20.7. The summed E-state index contributed by atoms with van der Waals surface area (Å²) in [5.41, 5.74) is 2.61. The monoisotopic (exact) mass is 505 g/mol. The van der Waals surface area contributed by atoms with Crippen molar-refractivity contribution >= 4 is 56.3 Å². The van der Waals surface area contributed by atoms with E-state index in [0.29, 0.717) is 38.8 Å². The molecule has 0 fully saturated rings. The molecule has 0 aliphatic carbocycles. The predicted octanol–water partition coefficient (Wildman–Crippen LogP) is 6.45. The average Bonchev–Trinajstić information content (AvgIpc) is 3.20. The summed E-state index contributed by atoms with van der Waals surface area (Å²) in [6, 6.07) is 11.8. The minimum atomic E-state index is -0.395. The number of amides is 2. The molecule has 0 unspecified atom stereocenters. The Bertz CT molecular complexity index is 1470. The molecule has 1 aromatic heterocycles. The lowest BCUT2D eigenvalue weighted by atomic mass is 10.1. The first-order valence-corrected chi connectivity index (χ1v) is 11.6. The van der Waals surface area contributed by atoms with Crippen molar-refractivity contribution in [2.45, 2.75) is 27.7 Å². The van der Waals surface area contributed by atoms with Crippen LogP contribution in [0, 0.1) is 13.8 Å². The van der Waals surface area contributed by atoms with E-state index in [4.69, 9.17) is 4.74 Å². The fourth-order valence-corrected chi connectivity index (χ4v) is 4.19. The first-order chi connectivity index (χ1) is 17.1. The second-order valence-corrected chi connectivity index (χ2v) is 8.88. The number of nitrogens with zero attached hydrogens (tertiary/aromatic N) is 3. The van der Waals surface area contributed by atoms with E-state index in [1.165, 1.54) is 26.0 Å². The van der Waals surface area contributed by atoms with Crippen LogP contribution in [0.2, 0.25) is 0 Å². The number of azo groups is 1. The lowest BCUT2D eigenvalue weighted by Gasteiger charge is -2.11. The molecule has 0 atom stereocenters. The summed E-state index contributed by atoms with van der Waals surface area (Å²) in [7, 11) is 0. The van der Waals surface area contributed by atoms with E-state index in [2.05, 4.69) is 25.2 Å². The van der Waals surface area contributed by atoms with Crippen molar-refractivity contribution in [1.82, 2.24) is 4.37 Å². The molecule has 184 valence electrons. The second-order valence-electron chi connectivity index (χ2n) is 8.13. The van der Waals surface area contributed by atoms with Gasteiger partial charge in [0.05, 0.1) is 22.6 Å². The fraction of sp³-hybridized carbons (Fsp3) is 0.160. The number of aromatic hydroxyl groups is 2. The van der Waals surface area contributed by atoms with Gasteiger partial charge in [-0.1, -0.05) is 0 Å². The smallest absolute Gasteiger partial charge is 0.221 e. The van der Waals surface area contributed by atoms with Crippen molar-refractivity contribution in [3.63, 3.8) is 0 Å². The highest BCUT2D eigenvalue weighted by molar-refractivity contribution is 7.11. The molecule has 11 heteroatoms. The molecule has 0 bridgehead atoms. The van der Waals surface area contributed by atoms with Gasteiger partial charge in [0.2, 0.25) is 11.8 Å². The highest BCUT2D eigenvalue weighted by Gasteiger charge is 2.14. The molecule has 3 aromatic carbocycles. The number of aryl methyl sites for hydroxylation is 2. The average molecular weight is 506 g/mol. The van der Waals surface area contributed by atoms with Crippen molar-refractivity contribution in [3.05, 3.63) is 53.6 Å². The maximum absolute atomic E-state index is 11.5. The van der Waals surface area contributed by atoms with Gasteiger partial charge in [-0.15, -0.1) is 10.2 Å². The lowest BCUT2D eigenvalue weighted by molar-refractivity contribution is -0.115. The highest BCUT2D eigenvalue weighted by Crippen LogP contribution is 2.39. The van der Waals surface area contributed by atoms with Gasteiger partial charge in [0, 0.05) is 19.2 Å². The van der Waals surface area contributed by atoms with Crippen molar-refractivity contribution in [2.75, 3.05) is 10.6 Å². The van der Waals surface area contributed by atoms with E-state index in [1.54, 1.807) is 38.1 Å². The van der Waals surface area contributed by atoms with E-state index in [1.807, 2.05) is 6.07 Å². The minimum Gasteiger partial charge on any atom is -0.507 e. The molecule has 4 N–H and O–H groups in total. The van der Waals surface area contributed by atoms with Crippen LogP contribution in [0.25, 0.3) is 10.9 Å². The summed E-state index contributed by atoms with van der Waals surface area (Å²) in [6.45, 7) is 6.21. The molecule has 0 saturated carbocycles. The Balaban J connectivity index is 1.66. The van der Waals surface area contributed by atoms with Gasteiger partial charge in [-0.05, 0) is 79.0 Å². The van der Waals surface area contributed by atoms with Gasteiger partial charge in [0.15, 0.2) is 10.8 Å². The summed E-state index contributed by atoms with van der Waals surface area (Å²) in [4.78, 5) is 23.0. The Labute approximate surface area is 210 Å². The number of fused-ring (bicyclic) bond motifs is 1. The minimum absolute atomic E-state index is 0.0898. The summed E-state index contributed by atoms with van der Waals surface area (Å²) in [6.07, 6.45) is 0. The quantitative estimate of drug-likeness (QED) is 0.175. The molecule has 0 saturated heterocycles. The van der Waals surface area contributed by atoms with Crippen LogP contribution in [0.3, 0.4) is 0 Å². The largest absolute Gasteiger partial charge is 0.507 e. The third kappa shape index (κ3) is 5.41. The fourth-order valence-electron chi connectivity index (χ4n) is 3.50. The van der Waals surface area contributed by atoms with Crippen molar-refractivity contribution in [1.29, 1.82) is 0 Å². The predicted molar refractivity (Wildman–Crippen MR) is 138 cm³/mol. The van der Waals surface area contributed by atoms with Gasteiger partial charge < -0.3 is 25.6 Å². The summed E-state index contributed by atoms with van der Waals surface area (Å²) in [5.74, 6) is 0.313. The van der Waals surface area contributed by atoms with Crippen molar-refractivity contribution in [2.24, 2.45) is 10.2 Å². The van der Waals surface area contributed by atoms with Crippen LogP contribution in [0.15, 0.2) is 52.7 Å². The number of benzene rings is 3. The molecule has 4 aromatic rings.